The number of hydrogen-bond acceptors (Lipinski definition) is 4. The van der Waals surface area contributed by atoms with Crippen molar-refractivity contribution in [2.45, 2.75) is 38.8 Å². The van der Waals surface area contributed by atoms with Crippen LogP contribution < -0.4 is 19.5 Å². The SMILES string of the molecule is CCOc1ccc(C(=O)NC2CC(C)(C)Oc3ccc(OC)cc32)cc1. The average Bonchev–Trinajstić information content (AvgIpc) is 2.61. The zero-order valence-electron chi connectivity index (χ0n) is 15.7. The molecular weight excluding hydrogens is 330 g/mol. The summed E-state index contributed by atoms with van der Waals surface area (Å²) < 4.78 is 16.8. The van der Waals surface area contributed by atoms with Crippen LogP contribution in [-0.4, -0.2) is 25.2 Å². The van der Waals surface area contributed by atoms with Gasteiger partial charge in [0.15, 0.2) is 0 Å². The van der Waals surface area contributed by atoms with Crippen LogP contribution in [-0.2, 0) is 0 Å². The fourth-order valence-corrected chi connectivity index (χ4v) is 3.20. The number of amides is 1. The van der Waals surface area contributed by atoms with Gasteiger partial charge < -0.3 is 19.5 Å². The third-order valence-electron chi connectivity index (χ3n) is 4.41. The van der Waals surface area contributed by atoms with Gasteiger partial charge in [0.25, 0.3) is 5.91 Å². The summed E-state index contributed by atoms with van der Waals surface area (Å²) >= 11 is 0. The number of fused-ring (bicyclic) bond motifs is 1. The van der Waals surface area contributed by atoms with E-state index in [-0.39, 0.29) is 17.6 Å². The summed E-state index contributed by atoms with van der Waals surface area (Å²) in [5.41, 5.74) is 1.17. The monoisotopic (exact) mass is 355 g/mol. The number of rotatable bonds is 5. The van der Waals surface area contributed by atoms with Gasteiger partial charge >= 0.3 is 0 Å². The van der Waals surface area contributed by atoms with Crippen molar-refractivity contribution in [2.75, 3.05) is 13.7 Å². The second kappa shape index (κ2) is 7.28. The molecule has 0 aliphatic carbocycles. The highest BCUT2D eigenvalue weighted by molar-refractivity contribution is 5.94. The van der Waals surface area contributed by atoms with Gasteiger partial charge in [-0.3, -0.25) is 4.79 Å². The Kier molecular flexibility index (Phi) is 5.07. The molecule has 1 heterocycles. The number of carbonyl (C=O) groups excluding carboxylic acids is 1. The van der Waals surface area contributed by atoms with Crippen LogP contribution in [0.3, 0.4) is 0 Å². The van der Waals surface area contributed by atoms with Crippen molar-refractivity contribution in [1.82, 2.24) is 5.32 Å². The zero-order valence-corrected chi connectivity index (χ0v) is 15.7. The van der Waals surface area contributed by atoms with Gasteiger partial charge in [-0.15, -0.1) is 0 Å². The van der Waals surface area contributed by atoms with Crippen LogP contribution in [0.2, 0.25) is 0 Å². The summed E-state index contributed by atoms with van der Waals surface area (Å²) in [4.78, 5) is 12.7. The minimum atomic E-state index is -0.363. The highest BCUT2D eigenvalue weighted by Gasteiger charge is 2.35. The highest BCUT2D eigenvalue weighted by atomic mass is 16.5. The molecule has 3 rings (SSSR count). The van der Waals surface area contributed by atoms with Gasteiger partial charge in [-0.05, 0) is 63.2 Å². The Morgan fingerprint density at radius 1 is 1.19 bits per heavy atom. The molecule has 0 aromatic heterocycles. The Bertz CT molecular complexity index is 783. The van der Waals surface area contributed by atoms with Crippen molar-refractivity contribution in [2.24, 2.45) is 0 Å². The van der Waals surface area contributed by atoms with Crippen LogP contribution in [0.15, 0.2) is 42.5 Å². The Morgan fingerprint density at radius 3 is 2.54 bits per heavy atom. The van der Waals surface area contributed by atoms with Crippen molar-refractivity contribution in [1.29, 1.82) is 0 Å². The highest BCUT2D eigenvalue weighted by Crippen LogP contribution is 2.41. The molecule has 1 aliphatic rings. The Balaban J connectivity index is 1.83. The largest absolute Gasteiger partial charge is 0.497 e. The minimum Gasteiger partial charge on any atom is -0.497 e. The summed E-state index contributed by atoms with van der Waals surface area (Å²) in [6, 6.07) is 12.7. The third kappa shape index (κ3) is 3.93. The molecule has 5 nitrogen and oxygen atoms in total. The van der Waals surface area contributed by atoms with Gasteiger partial charge in [0, 0.05) is 17.5 Å². The van der Waals surface area contributed by atoms with Crippen LogP contribution in [0.5, 0.6) is 17.2 Å². The first-order chi connectivity index (χ1) is 12.4. The number of ether oxygens (including phenoxy) is 3. The first-order valence-corrected chi connectivity index (χ1v) is 8.82. The van der Waals surface area contributed by atoms with Crippen molar-refractivity contribution >= 4 is 5.91 Å². The van der Waals surface area contributed by atoms with E-state index in [4.69, 9.17) is 14.2 Å². The van der Waals surface area contributed by atoms with Crippen LogP contribution in [0.1, 0.15) is 49.2 Å². The van der Waals surface area contributed by atoms with E-state index < -0.39 is 0 Å². The Labute approximate surface area is 154 Å². The number of benzene rings is 2. The summed E-state index contributed by atoms with van der Waals surface area (Å²) in [6.07, 6.45) is 0.677. The first kappa shape index (κ1) is 18.1. The molecule has 0 bridgehead atoms. The molecule has 26 heavy (non-hydrogen) atoms. The van der Waals surface area contributed by atoms with Gasteiger partial charge in [-0.1, -0.05) is 0 Å². The second-order valence-corrected chi connectivity index (χ2v) is 6.95. The van der Waals surface area contributed by atoms with Crippen molar-refractivity contribution < 1.29 is 19.0 Å². The van der Waals surface area contributed by atoms with E-state index in [1.165, 1.54) is 0 Å². The molecule has 138 valence electrons. The quantitative estimate of drug-likeness (QED) is 0.876. The number of nitrogens with one attached hydrogen (secondary N) is 1. The van der Waals surface area contributed by atoms with E-state index in [0.29, 0.717) is 18.6 Å². The molecule has 0 saturated heterocycles. The first-order valence-electron chi connectivity index (χ1n) is 8.82. The molecule has 0 spiro atoms. The predicted molar refractivity (Wildman–Crippen MR) is 100 cm³/mol. The minimum absolute atomic E-state index is 0.121. The molecular formula is C21H25NO4. The van der Waals surface area contributed by atoms with Gasteiger partial charge in [0.05, 0.1) is 19.8 Å². The predicted octanol–water partition coefficient (Wildman–Crippen LogP) is 4.13. The van der Waals surface area contributed by atoms with Crippen LogP contribution >= 0.6 is 0 Å². The summed E-state index contributed by atoms with van der Waals surface area (Å²) in [5.74, 6) is 2.15. The van der Waals surface area contributed by atoms with Crippen LogP contribution in [0.25, 0.3) is 0 Å². The normalized spacial score (nSPS) is 17.6. The van der Waals surface area contributed by atoms with E-state index in [2.05, 4.69) is 5.32 Å². The lowest BCUT2D eigenvalue weighted by atomic mass is 9.89. The van der Waals surface area contributed by atoms with E-state index >= 15 is 0 Å². The maximum absolute atomic E-state index is 12.7. The van der Waals surface area contributed by atoms with E-state index in [9.17, 15) is 4.79 Å². The van der Waals surface area contributed by atoms with E-state index in [1.807, 2.05) is 51.1 Å². The zero-order chi connectivity index (χ0) is 18.7. The molecule has 0 fully saturated rings. The van der Waals surface area contributed by atoms with E-state index in [0.717, 1.165) is 22.8 Å². The van der Waals surface area contributed by atoms with Gasteiger partial charge in [0.2, 0.25) is 0 Å². The molecule has 1 amide bonds. The third-order valence-corrected chi connectivity index (χ3v) is 4.41. The van der Waals surface area contributed by atoms with Crippen molar-refractivity contribution in [3.63, 3.8) is 0 Å². The molecule has 1 N–H and O–H groups in total. The topological polar surface area (TPSA) is 56.8 Å². The fraction of sp³-hybridized carbons (Fsp3) is 0.381. The standard InChI is InChI=1S/C21H25NO4/c1-5-25-15-8-6-14(7-9-15)20(23)22-18-13-21(2,3)26-19-11-10-16(24-4)12-17(18)19/h6-12,18H,5,13H2,1-4H3,(H,22,23). The maximum atomic E-state index is 12.7. The maximum Gasteiger partial charge on any atom is 0.251 e. The molecule has 1 atom stereocenters. The number of carbonyl (C=O) groups is 1. The summed E-state index contributed by atoms with van der Waals surface area (Å²) in [7, 11) is 1.63. The lowest BCUT2D eigenvalue weighted by Crippen LogP contribution is -2.41. The van der Waals surface area contributed by atoms with Crippen LogP contribution in [0.4, 0.5) is 0 Å². The molecule has 1 aliphatic heterocycles. The van der Waals surface area contributed by atoms with Crippen molar-refractivity contribution in [3.8, 4) is 17.2 Å². The van der Waals surface area contributed by atoms with Gasteiger partial charge in [-0.25, -0.2) is 0 Å². The lowest BCUT2D eigenvalue weighted by molar-refractivity contribution is 0.0618. The number of hydrogen-bond donors (Lipinski definition) is 1. The summed E-state index contributed by atoms with van der Waals surface area (Å²) in [6.45, 7) is 6.58. The second-order valence-electron chi connectivity index (χ2n) is 6.95. The van der Waals surface area contributed by atoms with Crippen molar-refractivity contribution in [3.05, 3.63) is 53.6 Å². The molecule has 2 aromatic rings. The number of methoxy groups -OCH3 is 1. The smallest absolute Gasteiger partial charge is 0.251 e. The molecule has 0 radical (unpaired) electrons. The molecule has 0 saturated carbocycles. The van der Waals surface area contributed by atoms with Gasteiger partial charge in [-0.2, -0.15) is 0 Å². The van der Waals surface area contributed by atoms with Gasteiger partial charge in [0.1, 0.15) is 22.8 Å². The van der Waals surface area contributed by atoms with Crippen LogP contribution in [0, 0.1) is 0 Å². The fourth-order valence-electron chi connectivity index (χ4n) is 3.20. The lowest BCUT2D eigenvalue weighted by Gasteiger charge is -2.38. The molecule has 5 heteroatoms. The summed E-state index contributed by atoms with van der Waals surface area (Å²) in [5, 5.41) is 3.13. The molecule has 2 aromatic carbocycles. The Hall–Kier alpha value is -2.69. The molecule has 1 unspecified atom stereocenters. The average molecular weight is 355 g/mol. The van der Waals surface area contributed by atoms with E-state index in [1.54, 1.807) is 19.2 Å². The Morgan fingerprint density at radius 2 is 1.88 bits per heavy atom.